The first-order valence-corrected chi connectivity index (χ1v) is 10.2. The van der Waals surface area contributed by atoms with E-state index in [0.29, 0.717) is 5.69 Å². The molecule has 1 aromatic heterocycles. The normalized spacial score (nSPS) is 11.2. The average molecular weight is 436 g/mol. The van der Waals surface area contributed by atoms with Gasteiger partial charge in [-0.15, -0.1) is 0 Å². The summed E-state index contributed by atoms with van der Waals surface area (Å²) in [4.78, 5) is 23.3. The number of non-ortho nitro benzene ring substituents is 1. The van der Waals surface area contributed by atoms with E-state index in [4.69, 9.17) is 0 Å². The summed E-state index contributed by atoms with van der Waals surface area (Å²) < 4.78 is 1.92. The zero-order valence-corrected chi connectivity index (χ0v) is 18.1. The number of anilines is 1. The first-order valence-electron chi connectivity index (χ1n) is 10.2. The van der Waals surface area contributed by atoms with Crippen molar-refractivity contribution in [1.29, 1.82) is 5.26 Å². The number of amides is 1. The Morgan fingerprint density at radius 1 is 1.03 bits per heavy atom. The number of aromatic nitrogens is 1. The number of carbonyl (C=O) groups is 1. The number of nitriles is 1. The molecule has 0 atom stereocenters. The van der Waals surface area contributed by atoms with Crippen LogP contribution in [0.1, 0.15) is 17.0 Å². The van der Waals surface area contributed by atoms with Crippen LogP contribution in [0.4, 0.5) is 11.4 Å². The van der Waals surface area contributed by atoms with Crippen molar-refractivity contribution in [2.45, 2.75) is 13.8 Å². The number of aryl methyl sites for hydroxylation is 1. The number of rotatable bonds is 5. The molecule has 4 aromatic rings. The molecule has 0 unspecified atom stereocenters. The highest BCUT2D eigenvalue weighted by Crippen LogP contribution is 2.25. The molecule has 7 heteroatoms. The molecule has 3 aromatic carbocycles. The zero-order valence-electron chi connectivity index (χ0n) is 18.1. The quantitative estimate of drug-likeness (QED) is 0.188. The van der Waals surface area contributed by atoms with Crippen molar-refractivity contribution < 1.29 is 9.72 Å². The Labute approximate surface area is 190 Å². The Morgan fingerprint density at radius 3 is 2.39 bits per heavy atom. The number of fused-ring (bicyclic) bond motifs is 1. The van der Waals surface area contributed by atoms with Crippen LogP contribution < -0.4 is 5.32 Å². The lowest BCUT2D eigenvalue weighted by Crippen LogP contribution is -2.13. The number of carbonyl (C=O) groups excluding carboxylic acids is 1. The van der Waals surface area contributed by atoms with Gasteiger partial charge in [0.25, 0.3) is 11.6 Å². The van der Waals surface area contributed by atoms with Crippen LogP contribution in [-0.2, 0) is 4.79 Å². The highest BCUT2D eigenvalue weighted by atomic mass is 16.6. The molecule has 0 aliphatic rings. The van der Waals surface area contributed by atoms with E-state index in [1.165, 1.54) is 12.1 Å². The standard InChI is InChI=1S/C26H20N4O3/c1-17-13-21(18(2)29(17)24-9-11-25(12-10-24)30(32)33)14-22(16-27)26(31)28-23-8-7-19-5-3-4-6-20(19)15-23/h3-15H,1-2H3,(H,28,31)/b22-14+. The van der Waals surface area contributed by atoms with Crippen LogP contribution in [0.2, 0.25) is 0 Å². The number of nitrogens with zero attached hydrogens (tertiary/aromatic N) is 3. The Balaban J connectivity index is 1.62. The second kappa shape index (κ2) is 8.81. The SMILES string of the molecule is Cc1cc(/C=C(\C#N)C(=O)Nc2ccc3ccccc3c2)c(C)n1-c1ccc([N+](=O)[O-])cc1. The van der Waals surface area contributed by atoms with E-state index in [2.05, 4.69) is 5.32 Å². The lowest BCUT2D eigenvalue weighted by molar-refractivity contribution is -0.384. The van der Waals surface area contributed by atoms with Gasteiger partial charge in [-0.3, -0.25) is 14.9 Å². The molecule has 1 N–H and O–H groups in total. The van der Waals surface area contributed by atoms with E-state index < -0.39 is 10.8 Å². The van der Waals surface area contributed by atoms with Crippen LogP contribution in [0.3, 0.4) is 0 Å². The minimum atomic E-state index is -0.493. The summed E-state index contributed by atoms with van der Waals surface area (Å²) in [6.07, 6.45) is 1.56. The molecule has 0 bridgehead atoms. The topological polar surface area (TPSA) is 101 Å². The fraction of sp³-hybridized carbons (Fsp3) is 0.0769. The van der Waals surface area contributed by atoms with Gasteiger partial charge < -0.3 is 9.88 Å². The van der Waals surface area contributed by atoms with Gasteiger partial charge in [-0.25, -0.2) is 0 Å². The molecule has 33 heavy (non-hydrogen) atoms. The van der Waals surface area contributed by atoms with Gasteiger partial charge in [0, 0.05) is 34.9 Å². The molecule has 0 saturated heterocycles. The van der Waals surface area contributed by atoms with Crippen molar-refractivity contribution in [2.24, 2.45) is 0 Å². The molecule has 0 fully saturated rings. The van der Waals surface area contributed by atoms with Crippen LogP contribution in [-0.4, -0.2) is 15.4 Å². The van der Waals surface area contributed by atoms with E-state index in [-0.39, 0.29) is 11.3 Å². The average Bonchev–Trinajstić information content (AvgIpc) is 3.09. The summed E-state index contributed by atoms with van der Waals surface area (Å²) in [6, 6.07) is 23.5. The van der Waals surface area contributed by atoms with Crippen molar-refractivity contribution in [3.63, 3.8) is 0 Å². The highest BCUT2D eigenvalue weighted by Gasteiger charge is 2.15. The molecule has 0 radical (unpaired) electrons. The molecule has 4 rings (SSSR count). The summed E-state index contributed by atoms with van der Waals surface area (Å²) in [5, 5.41) is 25.4. The van der Waals surface area contributed by atoms with Gasteiger partial charge in [0.05, 0.1) is 4.92 Å². The smallest absolute Gasteiger partial charge is 0.269 e. The Hall–Kier alpha value is -4.70. The van der Waals surface area contributed by atoms with Gasteiger partial charge in [0.1, 0.15) is 11.6 Å². The van der Waals surface area contributed by atoms with Gasteiger partial charge in [-0.05, 0) is 66.6 Å². The fourth-order valence-corrected chi connectivity index (χ4v) is 3.82. The maximum atomic E-state index is 12.8. The number of nitro groups is 1. The Morgan fingerprint density at radius 2 is 1.73 bits per heavy atom. The van der Waals surface area contributed by atoms with Crippen LogP contribution in [0, 0.1) is 35.3 Å². The van der Waals surface area contributed by atoms with Crippen LogP contribution >= 0.6 is 0 Å². The first-order chi connectivity index (χ1) is 15.9. The number of hydrogen-bond acceptors (Lipinski definition) is 4. The van der Waals surface area contributed by atoms with E-state index in [1.54, 1.807) is 24.3 Å². The molecule has 1 amide bonds. The van der Waals surface area contributed by atoms with Crippen molar-refractivity contribution >= 4 is 34.1 Å². The predicted octanol–water partition coefficient (Wildman–Crippen LogP) is 5.70. The number of nitrogens with one attached hydrogen (secondary N) is 1. The lowest BCUT2D eigenvalue weighted by Gasteiger charge is -2.09. The third-order valence-corrected chi connectivity index (χ3v) is 5.46. The maximum absolute atomic E-state index is 12.8. The van der Waals surface area contributed by atoms with Crippen LogP contribution in [0.5, 0.6) is 0 Å². The van der Waals surface area contributed by atoms with Crippen molar-refractivity contribution in [1.82, 2.24) is 4.57 Å². The molecular formula is C26H20N4O3. The molecule has 162 valence electrons. The van der Waals surface area contributed by atoms with Gasteiger partial charge in [-0.1, -0.05) is 30.3 Å². The third-order valence-electron chi connectivity index (χ3n) is 5.46. The molecule has 1 heterocycles. The molecule has 0 spiro atoms. The maximum Gasteiger partial charge on any atom is 0.269 e. The summed E-state index contributed by atoms with van der Waals surface area (Å²) >= 11 is 0. The van der Waals surface area contributed by atoms with Gasteiger partial charge >= 0.3 is 0 Å². The number of nitro benzene ring substituents is 1. The Bertz CT molecular complexity index is 1460. The van der Waals surface area contributed by atoms with Gasteiger partial charge in [-0.2, -0.15) is 5.26 Å². The predicted molar refractivity (Wildman–Crippen MR) is 128 cm³/mol. The Kier molecular flexibility index (Phi) is 5.75. The van der Waals surface area contributed by atoms with Crippen LogP contribution in [0.25, 0.3) is 22.5 Å². The second-order valence-corrected chi connectivity index (χ2v) is 7.62. The van der Waals surface area contributed by atoms with E-state index in [9.17, 15) is 20.2 Å². The van der Waals surface area contributed by atoms with Crippen molar-refractivity contribution in [3.05, 3.63) is 105 Å². The second-order valence-electron chi connectivity index (χ2n) is 7.62. The van der Waals surface area contributed by atoms with E-state index in [1.807, 2.05) is 66.9 Å². The van der Waals surface area contributed by atoms with Gasteiger partial charge in [0.15, 0.2) is 0 Å². The summed E-state index contributed by atoms with van der Waals surface area (Å²) in [7, 11) is 0. The van der Waals surface area contributed by atoms with Crippen LogP contribution in [0.15, 0.2) is 78.4 Å². The van der Waals surface area contributed by atoms with E-state index in [0.717, 1.165) is 33.4 Å². The fourth-order valence-electron chi connectivity index (χ4n) is 3.82. The number of benzene rings is 3. The molecule has 7 nitrogen and oxygen atoms in total. The molecule has 0 aliphatic carbocycles. The van der Waals surface area contributed by atoms with E-state index >= 15 is 0 Å². The van der Waals surface area contributed by atoms with Gasteiger partial charge in [0.2, 0.25) is 0 Å². The third kappa shape index (κ3) is 4.36. The zero-order chi connectivity index (χ0) is 23.5. The largest absolute Gasteiger partial charge is 0.321 e. The van der Waals surface area contributed by atoms with Crippen molar-refractivity contribution in [2.75, 3.05) is 5.32 Å². The molecule has 0 aliphatic heterocycles. The number of hydrogen-bond donors (Lipinski definition) is 1. The lowest BCUT2D eigenvalue weighted by atomic mass is 10.1. The highest BCUT2D eigenvalue weighted by molar-refractivity contribution is 6.10. The summed E-state index contributed by atoms with van der Waals surface area (Å²) in [5.41, 5.74) is 3.76. The summed E-state index contributed by atoms with van der Waals surface area (Å²) in [6.45, 7) is 3.77. The first kappa shape index (κ1) is 21.5. The monoisotopic (exact) mass is 436 g/mol. The van der Waals surface area contributed by atoms with Crippen molar-refractivity contribution in [3.8, 4) is 11.8 Å². The molecular weight excluding hydrogens is 416 g/mol. The minimum absolute atomic E-state index is 0.0125. The summed E-state index contributed by atoms with van der Waals surface area (Å²) in [5.74, 6) is -0.493. The minimum Gasteiger partial charge on any atom is -0.321 e. The molecule has 0 saturated carbocycles.